The fourth-order valence-corrected chi connectivity index (χ4v) is 0.845. The average Bonchev–Trinajstić information content (AvgIpc) is 2.17. The summed E-state index contributed by atoms with van der Waals surface area (Å²) < 4.78 is 31.0. The minimum Gasteiger partial charge on any atom is -0.328 e. The van der Waals surface area contributed by atoms with Gasteiger partial charge in [0.1, 0.15) is 0 Å². The van der Waals surface area contributed by atoms with Crippen molar-refractivity contribution in [3.8, 4) is 0 Å². The molecule has 0 unspecified atom stereocenters. The maximum Gasteiger partial charge on any atom is 0.397 e. The normalized spacial score (nSPS) is 10.1. The van der Waals surface area contributed by atoms with Gasteiger partial charge in [-0.05, 0) is 0 Å². The Labute approximate surface area is 83.5 Å². The van der Waals surface area contributed by atoms with E-state index in [-0.39, 0.29) is 13.2 Å². The maximum atomic E-state index is 9.67. The van der Waals surface area contributed by atoms with Gasteiger partial charge >= 0.3 is 10.4 Å². The van der Waals surface area contributed by atoms with Crippen LogP contribution in [0.2, 0.25) is 0 Å². The highest BCUT2D eigenvalue weighted by atomic mass is 32.3. The Hall–Kier alpha value is -0.950. The zero-order chi connectivity index (χ0) is 10.9. The van der Waals surface area contributed by atoms with Gasteiger partial charge in [0.15, 0.2) is 0 Å². The second-order valence-corrected chi connectivity index (χ2v) is 3.28. The highest BCUT2D eigenvalue weighted by molar-refractivity contribution is 7.80. The van der Waals surface area contributed by atoms with Gasteiger partial charge in [0.25, 0.3) is 0 Å². The standard InChI is InChI=1S/C6H6.C2H7NO4S/c1-2-4-6-5-3-1;3-1-2-7-8(4,5)6/h1-6H;1-3H2,(H,4,5,6). The minimum atomic E-state index is -4.27. The second kappa shape index (κ2) is 7.45. The van der Waals surface area contributed by atoms with Crippen molar-refractivity contribution in [1.29, 1.82) is 0 Å². The predicted octanol–water partition coefficient (Wildman–Crippen LogP) is 0.451. The van der Waals surface area contributed by atoms with Gasteiger partial charge < -0.3 is 5.73 Å². The topological polar surface area (TPSA) is 89.6 Å². The molecular weight excluding hydrogens is 206 g/mol. The van der Waals surface area contributed by atoms with Crippen molar-refractivity contribution in [2.75, 3.05) is 13.2 Å². The lowest BCUT2D eigenvalue weighted by Gasteiger charge is -1.92. The third kappa shape index (κ3) is 11.1. The van der Waals surface area contributed by atoms with Gasteiger partial charge in [0.05, 0.1) is 6.61 Å². The molecule has 0 fully saturated rings. The zero-order valence-corrected chi connectivity index (χ0v) is 8.35. The number of hydrogen-bond donors (Lipinski definition) is 2. The van der Waals surface area contributed by atoms with Gasteiger partial charge in [-0.15, -0.1) is 0 Å². The summed E-state index contributed by atoms with van der Waals surface area (Å²) in [6, 6.07) is 12.0. The first-order valence-corrected chi connectivity index (χ1v) is 5.24. The van der Waals surface area contributed by atoms with Crippen LogP contribution < -0.4 is 5.73 Å². The first-order chi connectivity index (χ1) is 6.56. The Morgan fingerprint density at radius 2 is 1.43 bits per heavy atom. The predicted molar refractivity (Wildman–Crippen MR) is 53.0 cm³/mol. The van der Waals surface area contributed by atoms with E-state index in [1.807, 2.05) is 36.4 Å². The molecule has 0 aliphatic carbocycles. The molecule has 0 saturated carbocycles. The van der Waals surface area contributed by atoms with Crippen molar-refractivity contribution in [3.63, 3.8) is 0 Å². The summed E-state index contributed by atoms with van der Waals surface area (Å²) >= 11 is 0. The lowest BCUT2D eigenvalue weighted by atomic mass is 10.4. The van der Waals surface area contributed by atoms with E-state index in [0.29, 0.717) is 0 Å². The quantitative estimate of drug-likeness (QED) is 0.720. The fourth-order valence-electron chi connectivity index (χ4n) is 0.538. The van der Waals surface area contributed by atoms with Gasteiger partial charge in [-0.25, -0.2) is 4.18 Å². The van der Waals surface area contributed by atoms with Crippen LogP contribution >= 0.6 is 0 Å². The Morgan fingerprint density at radius 3 is 1.57 bits per heavy atom. The Balaban J connectivity index is 0.000000249. The molecule has 1 aromatic carbocycles. The number of hydrogen-bond acceptors (Lipinski definition) is 4. The molecule has 0 atom stereocenters. The van der Waals surface area contributed by atoms with E-state index < -0.39 is 10.4 Å². The largest absolute Gasteiger partial charge is 0.397 e. The lowest BCUT2D eigenvalue weighted by molar-refractivity contribution is 0.276. The zero-order valence-electron chi connectivity index (χ0n) is 7.54. The Bertz CT molecular complexity index is 285. The van der Waals surface area contributed by atoms with E-state index in [1.54, 1.807) is 0 Å². The van der Waals surface area contributed by atoms with Gasteiger partial charge in [-0.2, -0.15) is 8.42 Å². The van der Waals surface area contributed by atoms with Crippen LogP contribution in [0.1, 0.15) is 0 Å². The lowest BCUT2D eigenvalue weighted by Crippen LogP contribution is -2.12. The first kappa shape index (κ1) is 13.1. The van der Waals surface area contributed by atoms with E-state index in [2.05, 4.69) is 4.18 Å². The van der Waals surface area contributed by atoms with Crippen molar-refractivity contribution in [2.45, 2.75) is 0 Å². The summed E-state index contributed by atoms with van der Waals surface area (Å²) in [6.45, 7) is -0.112. The number of rotatable bonds is 3. The van der Waals surface area contributed by atoms with Gasteiger partial charge in [-0.3, -0.25) is 4.55 Å². The van der Waals surface area contributed by atoms with Crippen LogP contribution in [-0.4, -0.2) is 26.1 Å². The number of nitrogens with two attached hydrogens (primary N) is 1. The molecule has 14 heavy (non-hydrogen) atoms. The Kier molecular flexibility index (Phi) is 6.95. The van der Waals surface area contributed by atoms with Crippen LogP contribution in [0.15, 0.2) is 36.4 Å². The van der Waals surface area contributed by atoms with Crippen molar-refractivity contribution in [3.05, 3.63) is 36.4 Å². The second-order valence-electron chi connectivity index (χ2n) is 2.19. The molecule has 0 aromatic heterocycles. The summed E-state index contributed by atoms with van der Waals surface area (Å²) in [5.74, 6) is 0. The molecule has 6 heteroatoms. The molecule has 0 aliphatic rings. The molecule has 0 spiro atoms. The average molecular weight is 219 g/mol. The van der Waals surface area contributed by atoms with Crippen LogP contribution in [0.25, 0.3) is 0 Å². The third-order valence-electron chi connectivity index (χ3n) is 1.02. The summed E-state index contributed by atoms with van der Waals surface area (Å²) in [6.07, 6.45) is 0. The maximum absolute atomic E-state index is 9.67. The van der Waals surface area contributed by atoms with Crippen LogP contribution in [0.4, 0.5) is 0 Å². The monoisotopic (exact) mass is 219 g/mol. The van der Waals surface area contributed by atoms with Crippen molar-refractivity contribution < 1.29 is 17.2 Å². The Morgan fingerprint density at radius 1 is 1.07 bits per heavy atom. The van der Waals surface area contributed by atoms with Gasteiger partial charge in [0, 0.05) is 6.54 Å². The highest BCUT2D eigenvalue weighted by Crippen LogP contribution is 1.81. The van der Waals surface area contributed by atoms with Crippen LogP contribution in [0.3, 0.4) is 0 Å². The van der Waals surface area contributed by atoms with Gasteiger partial charge in [0.2, 0.25) is 0 Å². The van der Waals surface area contributed by atoms with Crippen molar-refractivity contribution in [1.82, 2.24) is 0 Å². The van der Waals surface area contributed by atoms with E-state index in [0.717, 1.165) is 0 Å². The molecule has 0 saturated heterocycles. The molecule has 80 valence electrons. The minimum absolute atomic E-state index is 0.0692. The molecule has 0 heterocycles. The molecule has 0 amide bonds. The van der Waals surface area contributed by atoms with E-state index in [1.165, 1.54) is 0 Å². The van der Waals surface area contributed by atoms with Crippen LogP contribution in [0, 0.1) is 0 Å². The molecule has 3 N–H and O–H groups in total. The van der Waals surface area contributed by atoms with E-state index in [4.69, 9.17) is 10.3 Å². The van der Waals surface area contributed by atoms with Crippen molar-refractivity contribution >= 4 is 10.4 Å². The molecule has 5 nitrogen and oxygen atoms in total. The summed E-state index contributed by atoms with van der Waals surface area (Å²) in [5, 5.41) is 0. The summed E-state index contributed by atoms with van der Waals surface area (Å²) in [7, 11) is -4.27. The van der Waals surface area contributed by atoms with E-state index in [9.17, 15) is 8.42 Å². The molecule has 0 radical (unpaired) electrons. The molecule has 0 aliphatic heterocycles. The SMILES string of the molecule is NCCOS(=O)(=O)O.c1ccccc1. The van der Waals surface area contributed by atoms with Crippen LogP contribution in [0.5, 0.6) is 0 Å². The smallest absolute Gasteiger partial charge is 0.328 e. The summed E-state index contributed by atoms with van der Waals surface area (Å²) in [5.41, 5.74) is 4.84. The van der Waals surface area contributed by atoms with Gasteiger partial charge in [-0.1, -0.05) is 36.4 Å². The number of benzene rings is 1. The fraction of sp³-hybridized carbons (Fsp3) is 0.250. The molecule has 1 rings (SSSR count). The molecule has 1 aromatic rings. The van der Waals surface area contributed by atoms with Crippen LogP contribution in [-0.2, 0) is 14.6 Å². The van der Waals surface area contributed by atoms with E-state index >= 15 is 0 Å². The first-order valence-electron chi connectivity index (χ1n) is 3.88. The van der Waals surface area contributed by atoms with Crippen molar-refractivity contribution in [2.24, 2.45) is 5.73 Å². The molecule has 0 bridgehead atoms. The third-order valence-corrected chi connectivity index (χ3v) is 1.48. The highest BCUT2D eigenvalue weighted by Gasteiger charge is 2.00. The molecular formula is C8H13NO4S. The summed E-state index contributed by atoms with van der Waals surface area (Å²) in [4.78, 5) is 0.